The van der Waals surface area contributed by atoms with Crippen molar-refractivity contribution in [3.05, 3.63) is 60.6 Å². The van der Waals surface area contributed by atoms with Gasteiger partial charge in [0.05, 0.1) is 18.3 Å². The summed E-state index contributed by atoms with van der Waals surface area (Å²) in [6, 6.07) is 14.8. The SMILES string of the molecule is CCCOC(=O)c1oc2nc(-c3ccco3)cc(-c3ccccc3)c2c1O. The second-order valence-electron chi connectivity index (χ2n) is 5.99. The molecule has 0 bridgehead atoms. The Balaban J connectivity index is 1.95. The van der Waals surface area contributed by atoms with Crippen LogP contribution in [0.25, 0.3) is 33.7 Å². The number of rotatable bonds is 5. The van der Waals surface area contributed by atoms with Crippen molar-refractivity contribution in [3.63, 3.8) is 0 Å². The summed E-state index contributed by atoms with van der Waals surface area (Å²) in [6.45, 7) is 2.13. The van der Waals surface area contributed by atoms with Gasteiger partial charge in [0.1, 0.15) is 5.69 Å². The highest BCUT2D eigenvalue weighted by atomic mass is 16.5. The van der Waals surface area contributed by atoms with E-state index < -0.39 is 5.97 Å². The van der Waals surface area contributed by atoms with E-state index in [1.165, 1.54) is 0 Å². The van der Waals surface area contributed by atoms with E-state index in [0.29, 0.717) is 28.8 Å². The summed E-state index contributed by atoms with van der Waals surface area (Å²) in [7, 11) is 0. The quantitative estimate of drug-likeness (QED) is 0.501. The molecule has 0 aliphatic carbocycles. The number of pyridine rings is 1. The molecule has 0 aliphatic heterocycles. The van der Waals surface area contributed by atoms with Crippen molar-refractivity contribution in [1.82, 2.24) is 4.98 Å². The molecule has 1 aromatic carbocycles. The van der Waals surface area contributed by atoms with Gasteiger partial charge < -0.3 is 18.7 Å². The van der Waals surface area contributed by atoms with Crippen molar-refractivity contribution < 1.29 is 23.5 Å². The lowest BCUT2D eigenvalue weighted by atomic mass is 10.0. The summed E-state index contributed by atoms with van der Waals surface area (Å²) in [5.41, 5.74) is 2.21. The van der Waals surface area contributed by atoms with Crippen LogP contribution in [0.15, 0.2) is 63.6 Å². The number of aromatic nitrogens is 1. The van der Waals surface area contributed by atoms with Crippen molar-refractivity contribution in [2.24, 2.45) is 0 Å². The topological polar surface area (TPSA) is 85.7 Å². The molecule has 3 aromatic heterocycles. The second kappa shape index (κ2) is 6.99. The maximum Gasteiger partial charge on any atom is 0.378 e. The number of nitrogens with zero attached hydrogens (tertiary/aromatic N) is 1. The number of hydrogen-bond acceptors (Lipinski definition) is 6. The number of ether oxygens (including phenoxy) is 1. The predicted octanol–water partition coefficient (Wildman–Crippen LogP) is 5.03. The van der Waals surface area contributed by atoms with Gasteiger partial charge in [0, 0.05) is 5.56 Å². The third kappa shape index (κ3) is 3.06. The first-order valence-electron chi connectivity index (χ1n) is 8.62. The van der Waals surface area contributed by atoms with E-state index in [2.05, 4.69) is 4.98 Å². The lowest BCUT2D eigenvalue weighted by Gasteiger charge is -2.05. The number of benzene rings is 1. The molecule has 4 aromatic rings. The first-order valence-corrected chi connectivity index (χ1v) is 8.62. The number of carbonyl (C=O) groups is 1. The first-order chi connectivity index (χ1) is 13.2. The van der Waals surface area contributed by atoms with Crippen molar-refractivity contribution in [1.29, 1.82) is 0 Å². The molecule has 3 heterocycles. The molecule has 1 N–H and O–H groups in total. The van der Waals surface area contributed by atoms with Gasteiger partial charge in [0.15, 0.2) is 11.5 Å². The molecule has 4 rings (SSSR count). The highest BCUT2D eigenvalue weighted by Crippen LogP contribution is 2.40. The third-order valence-corrected chi connectivity index (χ3v) is 4.12. The van der Waals surface area contributed by atoms with Crippen LogP contribution in [0.2, 0.25) is 0 Å². The highest BCUT2D eigenvalue weighted by Gasteiger charge is 2.26. The van der Waals surface area contributed by atoms with Crippen molar-refractivity contribution in [2.75, 3.05) is 6.61 Å². The van der Waals surface area contributed by atoms with Crippen LogP contribution in [0, 0.1) is 0 Å². The van der Waals surface area contributed by atoms with Gasteiger partial charge in [-0.15, -0.1) is 0 Å². The number of aromatic hydroxyl groups is 1. The zero-order chi connectivity index (χ0) is 18.8. The van der Waals surface area contributed by atoms with Crippen molar-refractivity contribution >= 4 is 17.1 Å². The average Bonchev–Trinajstić information content (AvgIpc) is 3.35. The van der Waals surface area contributed by atoms with Gasteiger partial charge in [0.25, 0.3) is 5.76 Å². The van der Waals surface area contributed by atoms with E-state index in [1.54, 1.807) is 24.5 Å². The maximum atomic E-state index is 12.2. The lowest BCUT2D eigenvalue weighted by molar-refractivity contribution is 0.0466. The van der Waals surface area contributed by atoms with Crippen LogP contribution in [0.1, 0.15) is 23.9 Å². The molecular weight excluding hydrogens is 346 g/mol. The Morgan fingerprint density at radius 2 is 2.00 bits per heavy atom. The number of carbonyl (C=O) groups excluding carboxylic acids is 1. The number of esters is 1. The highest BCUT2D eigenvalue weighted by molar-refractivity contribution is 6.04. The van der Waals surface area contributed by atoms with E-state index in [0.717, 1.165) is 5.56 Å². The molecular formula is C21H17NO5. The minimum atomic E-state index is -0.717. The molecule has 136 valence electrons. The molecule has 27 heavy (non-hydrogen) atoms. The van der Waals surface area contributed by atoms with Crippen molar-refractivity contribution in [2.45, 2.75) is 13.3 Å². The molecule has 0 unspecified atom stereocenters. The van der Waals surface area contributed by atoms with E-state index in [9.17, 15) is 9.90 Å². The van der Waals surface area contributed by atoms with Gasteiger partial charge in [-0.05, 0) is 30.2 Å². The number of furan rings is 2. The maximum absolute atomic E-state index is 12.2. The smallest absolute Gasteiger partial charge is 0.378 e. The molecule has 0 fully saturated rings. The summed E-state index contributed by atoms with van der Waals surface area (Å²) >= 11 is 0. The van der Waals surface area contributed by atoms with Gasteiger partial charge >= 0.3 is 5.97 Å². The van der Waals surface area contributed by atoms with Gasteiger partial charge in [-0.3, -0.25) is 0 Å². The zero-order valence-corrected chi connectivity index (χ0v) is 14.6. The predicted molar refractivity (Wildman–Crippen MR) is 99.4 cm³/mol. The van der Waals surface area contributed by atoms with E-state index in [4.69, 9.17) is 13.6 Å². The molecule has 6 nitrogen and oxygen atoms in total. The summed E-state index contributed by atoms with van der Waals surface area (Å²) in [5.74, 6) is -0.686. The minimum absolute atomic E-state index is 0.142. The standard InChI is InChI=1S/C21H17NO5/c1-2-10-26-21(24)19-18(23)17-14(13-7-4-3-5-8-13)12-15(22-20(17)27-19)16-9-6-11-25-16/h3-9,11-12,23H,2,10H2,1H3. The van der Waals surface area contributed by atoms with Crippen LogP contribution < -0.4 is 0 Å². The zero-order valence-electron chi connectivity index (χ0n) is 14.6. The average molecular weight is 363 g/mol. The summed E-state index contributed by atoms with van der Waals surface area (Å²) in [4.78, 5) is 16.7. The Hall–Kier alpha value is -3.54. The normalized spacial score (nSPS) is 11.0. The van der Waals surface area contributed by atoms with E-state index >= 15 is 0 Å². The Morgan fingerprint density at radius 3 is 2.70 bits per heavy atom. The van der Waals surface area contributed by atoms with E-state index in [1.807, 2.05) is 37.3 Å². The number of fused-ring (bicyclic) bond motifs is 1. The van der Waals surface area contributed by atoms with Gasteiger partial charge in [0.2, 0.25) is 5.71 Å². The fourth-order valence-electron chi connectivity index (χ4n) is 2.88. The molecule has 0 amide bonds. The molecule has 0 saturated carbocycles. The second-order valence-corrected chi connectivity index (χ2v) is 5.99. The Bertz CT molecular complexity index is 1080. The molecule has 0 spiro atoms. The van der Waals surface area contributed by atoms with Crippen LogP contribution in [-0.4, -0.2) is 22.7 Å². The van der Waals surface area contributed by atoms with Gasteiger partial charge in [-0.25, -0.2) is 9.78 Å². The fourth-order valence-corrected chi connectivity index (χ4v) is 2.88. The summed E-state index contributed by atoms with van der Waals surface area (Å²) in [6.07, 6.45) is 2.22. The van der Waals surface area contributed by atoms with Crippen LogP contribution in [0.4, 0.5) is 0 Å². The van der Waals surface area contributed by atoms with Crippen LogP contribution in [-0.2, 0) is 4.74 Å². The van der Waals surface area contributed by atoms with Crippen molar-refractivity contribution in [3.8, 4) is 28.3 Å². The van der Waals surface area contributed by atoms with Crippen LogP contribution in [0.3, 0.4) is 0 Å². The minimum Gasteiger partial charge on any atom is -0.503 e. The first kappa shape index (κ1) is 16.9. The lowest BCUT2D eigenvalue weighted by Crippen LogP contribution is -2.04. The molecule has 0 saturated heterocycles. The largest absolute Gasteiger partial charge is 0.503 e. The fraction of sp³-hybridized carbons (Fsp3) is 0.143. The number of hydrogen-bond donors (Lipinski definition) is 1. The summed E-state index contributed by atoms with van der Waals surface area (Å²) in [5, 5.41) is 11.0. The molecule has 0 atom stereocenters. The van der Waals surface area contributed by atoms with Crippen LogP contribution in [0.5, 0.6) is 5.75 Å². The Kier molecular flexibility index (Phi) is 4.38. The molecule has 0 aliphatic rings. The van der Waals surface area contributed by atoms with Gasteiger partial charge in [-0.1, -0.05) is 37.3 Å². The van der Waals surface area contributed by atoms with E-state index in [-0.39, 0.29) is 23.8 Å². The Morgan fingerprint density at radius 1 is 1.19 bits per heavy atom. The van der Waals surface area contributed by atoms with Crippen LogP contribution >= 0.6 is 0 Å². The summed E-state index contributed by atoms with van der Waals surface area (Å²) < 4.78 is 16.1. The molecule has 0 radical (unpaired) electrons. The molecule has 6 heteroatoms. The van der Waals surface area contributed by atoms with Gasteiger partial charge in [-0.2, -0.15) is 0 Å². The monoisotopic (exact) mass is 363 g/mol. The Labute approximate surface area is 155 Å². The third-order valence-electron chi connectivity index (χ3n) is 4.12.